The molecule has 1 atom stereocenters. The summed E-state index contributed by atoms with van der Waals surface area (Å²) in [5, 5.41) is 7.91. The van der Waals surface area contributed by atoms with E-state index in [0.29, 0.717) is 38.9 Å². The van der Waals surface area contributed by atoms with E-state index >= 15 is 0 Å². The van der Waals surface area contributed by atoms with E-state index in [0.717, 1.165) is 0 Å². The van der Waals surface area contributed by atoms with Gasteiger partial charge in [0, 0.05) is 19.6 Å². The fourth-order valence-corrected chi connectivity index (χ4v) is 2.02. The first-order chi connectivity index (χ1) is 12.3. The van der Waals surface area contributed by atoms with E-state index < -0.39 is 29.4 Å². The van der Waals surface area contributed by atoms with Crippen LogP contribution in [-0.4, -0.2) is 55.0 Å². The maximum Gasteiger partial charge on any atom is 0.408 e. The van der Waals surface area contributed by atoms with Crippen LogP contribution < -0.4 is 21.7 Å². The van der Waals surface area contributed by atoms with Crippen molar-refractivity contribution in [3.8, 4) is 0 Å². The van der Waals surface area contributed by atoms with Crippen molar-refractivity contribution in [2.75, 3.05) is 19.6 Å². The number of nitrogens with one attached hydrogen (secondary N) is 3. The molecule has 3 amide bonds. The number of unbranched alkanes of at least 4 members (excludes halogenated alkanes) is 1. The number of alkyl carbamates (subject to hydrolysis) is 2. The Balaban J connectivity index is 4.41. The van der Waals surface area contributed by atoms with E-state index in [1.54, 1.807) is 41.5 Å². The lowest BCUT2D eigenvalue weighted by molar-refractivity contribution is -0.123. The van der Waals surface area contributed by atoms with Gasteiger partial charge in [-0.25, -0.2) is 9.59 Å². The third-order valence-electron chi connectivity index (χ3n) is 3.04. The number of amides is 3. The molecule has 0 aliphatic carbocycles. The molecule has 5 N–H and O–H groups in total. The van der Waals surface area contributed by atoms with E-state index in [2.05, 4.69) is 16.0 Å². The lowest BCUT2D eigenvalue weighted by atomic mass is 10.1. The highest BCUT2D eigenvalue weighted by Gasteiger charge is 2.24. The minimum absolute atomic E-state index is 0.310. The van der Waals surface area contributed by atoms with Crippen LogP contribution in [0.4, 0.5) is 9.59 Å². The van der Waals surface area contributed by atoms with E-state index in [9.17, 15) is 14.4 Å². The molecule has 9 nitrogen and oxygen atoms in total. The van der Waals surface area contributed by atoms with Gasteiger partial charge in [0.25, 0.3) is 0 Å². The van der Waals surface area contributed by atoms with Crippen LogP contribution in [0, 0.1) is 0 Å². The lowest BCUT2D eigenvalue weighted by Crippen LogP contribution is -2.49. The van der Waals surface area contributed by atoms with Gasteiger partial charge in [-0.1, -0.05) is 0 Å². The van der Waals surface area contributed by atoms with Crippen LogP contribution in [0.1, 0.15) is 60.8 Å². The zero-order valence-electron chi connectivity index (χ0n) is 17.4. The Hall–Kier alpha value is -2.03. The maximum atomic E-state index is 12.2. The second kappa shape index (κ2) is 11.6. The smallest absolute Gasteiger partial charge is 0.408 e. The summed E-state index contributed by atoms with van der Waals surface area (Å²) in [6, 6.07) is -0.729. The summed E-state index contributed by atoms with van der Waals surface area (Å²) in [7, 11) is 0. The normalized spacial score (nSPS) is 12.7. The van der Waals surface area contributed by atoms with Gasteiger partial charge in [-0.2, -0.15) is 0 Å². The molecule has 0 saturated carbocycles. The molecule has 158 valence electrons. The molecule has 0 rings (SSSR count). The molecule has 9 heteroatoms. The Labute approximate surface area is 162 Å². The molecular formula is C18H36N4O5. The van der Waals surface area contributed by atoms with Gasteiger partial charge in [-0.15, -0.1) is 0 Å². The highest BCUT2D eigenvalue weighted by atomic mass is 16.6. The third-order valence-corrected chi connectivity index (χ3v) is 3.04. The summed E-state index contributed by atoms with van der Waals surface area (Å²) in [6.07, 6.45) is 0.530. The zero-order chi connectivity index (χ0) is 21.1. The monoisotopic (exact) mass is 388 g/mol. The van der Waals surface area contributed by atoms with Gasteiger partial charge < -0.3 is 31.2 Å². The van der Waals surface area contributed by atoms with Crippen molar-refractivity contribution in [2.45, 2.75) is 78.0 Å². The summed E-state index contributed by atoms with van der Waals surface area (Å²) in [5.74, 6) is -0.314. The van der Waals surface area contributed by atoms with Crippen LogP contribution in [0.3, 0.4) is 0 Å². The number of hydrogen-bond acceptors (Lipinski definition) is 6. The first kappa shape index (κ1) is 25.0. The molecule has 0 fully saturated rings. The summed E-state index contributed by atoms with van der Waals surface area (Å²) in [5.41, 5.74) is 4.19. The summed E-state index contributed by atoms with van der Waals surface area (Å²) >= 11 is 0. The summed E-state index contributed by atoms with van der Waals surface area (Å²) in [6.45, 7) is 11.7. The Morgan fingerprint density at radius 3 is 1.93 bits per heavy atom. The van der Waals surface area contributed by atoms with Crippen LogP contribution >= 0.6 is 0 Å². The molecule has 0 saturated heterocycles. The van der Waals surface area contributed by atoms with Gasteiger partial charge in [-0.05, 0) is 60.8 Å². The molecule has 0 heterocycles. The first-order valence-corrected chi connectivity index (χ1v) is 9.28. The number of nitrogens with two attached hydrogens (primary N) is 1. The van der Waals surface area contributed by atoms with Crippen molar-refractivity contribution < 1.29 is 23.9 Å². The zero-order valence-corrected chi connectivity index (χ0v) is 17.4. The molecule has 0 aliphatic heterocycles. The van der Waals surface area contributed by atoms with Crippen LogP contribution in [0.5, 0.6) is 0 Å². The van der Waals surface area contributed by atoms with Gasteiger partial charge >= 0.3 is 12.2 Å². The molecule has 0 aromatic carbocycles. The standard InChI is InChI=1S/C18H36N4O5/c1-17(2,3)26-15(24)21-11-8-7-9-13(14(23)20-12-10-19)22-16(25)27-18(4,5)6/h13H,7-12,19H2,1-6H3,(H,20,23)(H,21,24)(H,22,25). The van der Waals surface area contributed by atoms with Crippen LogP contribution in [-0.2, 0) is 14.3 Å². The number of carbonyl (C=O) groups excluding carboxylic acids is 3. The predicted octanol–water partition coefficient (Wildman–Crippen LogP) is 1.65. The molecule has 0 aliphatic rings. The summed E-state index contributed by atoms with van der Waals surface area (Å²) < 4.78 is 10.3. The van der Waals surface area contributed by atoms with Crippen molar-refractivity contribution >= 4 is 18.1 Å². The van der Waals surface area contributed by atoms with E-state index in [1.807, 2.05) is 0 Å². The van der Waals surface area contributed by atoms with Crippen molar-refractivity contribution in [2.24, 2.45) is 5.73 Å². The minimum atomic E-state index is -0.729. The molecule has 27 heavy (non-hydrogen) atoms. The van der Waals surface area contributed by atoms with Crippen molar-refractivity contribution in [3.63, 3.8) is 0 Å². The van der Waals surface area contributed by atoms with E-state index in [1.165, 1.54) is 0 Å². The van der Waals surface area contributed by atoms with Crippen molar-refractivity contribution in [3.05, 3.63) is 0 Å². The Morgan fingerprint density at radius 1 is 0.852 bits per heavy atom. The molecule has 0 bridgehead atoms. The Bertz CT molecular complexity index is 483. The Morgan fingerprint density at radius 2 is 1.41 bits per heavy atom. The molecule has 0 aromatic heterocycles. The minimum Gasteiger partial charge on any atom is -0.444 e. The maximum absolute atomic E-state index is 12.2. The molecule has 0 radical (unpaired) electrons. The van der Waals surface area contributed by atoms with Crippen LogP contribution in [0.25, 0.3) is 0 Å². The SMILES string of the molecule is CC(C)(C)OC(=O)NCCCCC(NC(=O)OC(C)(C)C)C(=O)NCCN. The van der Waals surface area contributed by atoms with Gasteiger partial charge in [0.05, 0.1) is 0 Å². The molecule has 0 aromatic rings. The van der Waals surface area contributed by atoms with Gasteiger partial charge in [0.1, 0.15) is 17.2 Å². The second-order valence-electron chi connectivity index (χ2n) is 8.20. The van der Waals surface area contributed by atoms with Gasteiger partial charge in [-0.3, -0.25) is 4.79 Å². The number of carbonyl (C=O) groups is 3. The quantitative estimate of drug-likeness (QED) is 0.444. The molecule has 0 spiro atoms. The third kappa shape index (κ3) is 14.8. The average molecular weight is 389 g/mol. The van der Waals surface area contributed by atoms with Crippen molar-refractivity contribution in [1.82, 2.24) is 16.0 Å². The Kier molecular flexibility index (Phi) is 10.8. The number of rotatable bonds is 9. The largest absolute Gasteiger partial charge is 0.444 e. The van der Waals surface area contributed by atoms with Gasteiger partial charge in [0.15, 0.2) is 0 Å². The fourth-order valence-electron chi connectivity index (χ4n) is 2.02. The van der Waals surface area contributed by atoms with Crippen LogP contribution in [0.15, 0.2) is 0 Å². The predicted molar refractivity (Wildman–Crippen MR) is 103 cm³/mol. The van der Waals surface area contributed by atoms with E-state index in [-0.39, 0.29) is 5.91 Å². The summed E-state index contributed by atoms with van der Waals surface area (Å²) in [4.78, 5) is 35.7. The lowest BCUT2D eigenvalue weighted by Gasteiger charge is -2.23. The highest BCUT2D eigenvalue weighted by molar-refractivity contribution is 5.85. The first-order valence-electron chi connectivity index (χ1n) is 9.28. The van der Waals surface area contributed by atoms with E-state index in [4.69, 9.17) is 15.2 Å². The molecular weight excluding hydrogens is 352 g/mol. The fraction of sp³-hybridized carbons (Fsp3) is 0.833. The average Bonchev–Trinajstić information content (AvgIpc) is 2.47. The number of hydrogen-bond donors (Lipinski definition) is 4. The molecule has 1 unspecified atom stereocenters. The topological polar surface area (TPSA) is 132 Å². The highest BCUT2D eigenvalue weighted by Crippen LogP contribution is 2.09. The second-order valence-corrected chi connectivity index (χ2v) is 8.20. The van der Waals surface area contributed by atoms with Gasteiger partial charge in [0.2, 0.25) is 5.91 Å². The number of ether oxygens (including phenoxy) is 2. The van der Waals surface area contributed by atoms with Crippen molar-refractivity contribution in [1.29, 1.82) is 0 Å². The van der Waals surface area contributed by atoms with Crippen LogP contribution in [0.2, 0.25) is 0 Å².